The molecule has 7 fully saturated rings. The van der Waals surface area contributed by atoms with Gasteiger partial charge in [0.15, 0.2) is 0 Å². The zero-order valence-electron chi connectivity index (χ0n) is 28.5. The van der Waals surface area contributed by atoms with Crippen molar-refractivity contribution < 1.29 is 44.8 Å². The van der Waals surface area contributed by atoms with E-state index in [9.17, 15) is 30.6 Å². The van der Waals surface area contributed by atoms with Crippen molar-refractivity contribution in [1.29, 1.82) is 0 Å². The molecule has 5 saturated carbocycles. The van der Waals surface area contributed by atoms with E-state index in [-0.39, 0.29) is 64.3 Å². The maximum Gasteiger partial charge on any atom is 0.111 e. The maximum atomic E-state index is 12.1. The van der Waals surface area contributed by atoms with Gasteiger partial charge < -0.3 is 44.8 Å². The van der Waals surface area contributed by atoms with E-state index in [0.29, 0.717) is 5.92 Å². The van der Waals surface area contributed by atoms with E-state index in [1.165, 1.54) is 0 Å². The monoisotopic (exact) mass is 636 g/mol. The smallest absolute Gasteiger partial charge is 0.111 e. The summed E-state index contributed by atoms with van der Waals surface area (Å²) in [5.74, 6) is 0.376. The van der Waals surface area contributed by atoms with Crippen molar-refractivity contribution in [1.82, 2.24) is 0 Å². The number of hydrogen-bond acceptors (Lipinski definition) is 9. The molecule has 0 radical (unpaired) electrons. The number of rotatable bonds is 5. The molecule has 16 atom stereocenters. The fourth-order valence-corrected chi connectivity index (χ4v) is 13.6. The quantitative estimate of drug-likeness (QED) is 0.268. The zero-order chi connectivity index (χ0) is 32.8. The molecule has 0 bridgehead atoms. The van der Waals surface area contributed by atoms with E-state index in [1.54, 1.807) is 0 Å². The fourth-order valence-electron chi connectivity index (χ4n) is 13.6. The van der Waals surface area contributed by atoms with Gasteiger partial charge in [0, 0.05) is 5.92 Å². The van der Waals surface area contributed by atoms with Crippen LogP contribution in [0, 0.1) is 44.8 Å². The first kappa shape index (κ1) is 33.2. The van der Waals surface area contributed by atoms with Crippen molar-refractivity contribution in [3.8, 4) is 0 Å². The van der Waals surface area contributed by atoms with E-state index in [2.05, 4.69) is 34.6 Å². The van der Waals surface area contributed by atoms with E-state index in [4.69, 9.17) is 14.2 Å². The van der Waals surface area contributed by atoms with Gasteiger partial charge in [0.1, 0.15) is 24.4 Å². The molecule has 9 nitrogen and oxygen atoms in total. The van der Waals surface area contributed by atoms with Crippen molar-refractivity contribution in [2.75, 3.05) is 13.2 Å². The Hall–Kier alpha value is -0.360. The van der Waals surface area contributed by atoms with Gasteiger partial charge in [0.2, 0.25) is 0 Å². The Bertz CT molecular complexity index is 1170. The number of aliphatic hydroxyl groups excluding tert-OH is 5. The number of hydrogen-bond donors (Lipinski definition) is 6. The number of fused-ring (bicyclic) bond motifs is 2. The lowest BCUT2D eigenvalue weighted by atomic mass is 9.41. The van der Waals surface area contributed by atoms with Crippen LogP contribution in [0.5, 0.6) is 0 Å². The molecule has 16 unspecified atom stereocenters. The lowest BCUT2D eigenvalue weighted by molar-refractivity contribution is -0.232. The van der Waals surface area contributed by atoms with Crippen LogP contribution in [0.15, 0.2) is 0 Å². The average Bonchev–Trinajstić information content (AvgIpc) is 3.29. The maximum absolute atomic E-state index is 12.1. The molecule has 258 valence electrons. The van der Waals surface area contributed by atoms with Gasteiger partial charge in [-0.3, -0.25) is 0 Å². The van der Waals surface area contributed by atoms with E-state index >= 15 is 0 Å². The minimum absolute atomic E-state index is 0.0261. The average molecular weight is 637 g/mol. The second-order valence-electron chi connectivity index (χ2n) is 18.6. The number of aliphatic hydroxyl groups is 6. The molecule has 0 amide bonds. The van der Waals surface area contributed by atoms with Crippen LogP contribution >= 0.6 is 0 Å². The topological polar surface area (TPSA) is 149 Å². The molecule has 0 aromatic heterocycles. The standard InChI is InChI=1S/C36H60O9/c1-30(2)24(44-17-22-27(41)26(40)21(39)16-43-22)9-11-36-18-35(36)13-12-32(5)29(34(7)10-8-25(45-34)31(3,4)42)20(38)15-33(32,6)23(35)14-19(37)28(30)36/h19-29,37-42H,8-18H2,1-7H3. The van der Waals surface area contributed by atoms with Crippen molar-refractivity contribution in [3.05, 3.63) is 0 Å². The Kier molecular flexibility index (Phi) is 7.44. The third-order valence-corrected chi connectivity index (χ3v) is 15.8. The molecule has 9 heteroatoms. The summed E-state index contributed by atoms with van der Waals surface area (Å²) in [5.41, 5.74) is -1.81. The van der Waals surface area contributed by atoms with Gasteiger partial charge in [-0.25, -0.2) is 0 Å². The summed E-state index contributed by atoms with van der Waals surface area (Å²) in [6.07, 6.45) is 2.58. The van der Waals surface area contributed by atoms with Crippen molar-refractivity contribution in [2.45, 2.75) is 166 Å². The normalized spacial score (nSPS) is 58.7. The van der Waals surface area contributed by atoms with Crippen LogP contribution in [-0.4, -0.2) is 104 Å². The van der Waals surface area contributed by atoms with Crippen LogP contribution < -0.4 is 0 Å². The van der Waals surface area contributed by atoms with Crippen molar-refractivity contribution >= 4 is 0 Å². The van der Waals surface area contributed by atoms with E-state index < -0.39 is 47.8 Å². The van der Waals surface area contributed by atoms with Gasteiger partial charge in [-0.05, 0) is 117 Å². The molecule has 7 aliphatic rings. The Balaban J connectivity index is 1.12. The van der Waals surface area contributed by atoms with Crippen LogP contribution in [0.3, 0.4) is 0 Å². The Labute approximate surface area is 269 Å². The molecule has 45 heavy (non-hydrogen) atoms. The minimum Gasteiger partial charge on any atom is -0.393 e. The summed E-state index contributed by atoms with van der Waals surface area (Å²) in [4.78, 5) is 0. The second-order valence-corrected chi connectivity index (χ2v) is 18.6. The first-order valence-electron chi connectivity index (χ1n) is 17.8. The lowest BCUT2D eigenvalue weighted by Crippen LogP contribution is -2.62. The third-order valence-electron chi connectivity index (χ3n) is 15.8. The van der Waals surface area contributed by atoms with Gasteiger partial charge in [0.05, 0.1) is 48.8 Å². The zero-order valence-corrected chi connectivity index (χ0v) is 28.5. The summed E-state index contributed by atoms with van der Waals surface area (Å²) in [6, 6.07) is 0. The van der Waals surface area contributed by atoms with Crippen LogP contribution in [0.25, 0.3) is 0 Å². The van der Waals surface area contributed by atoms with Gasteiger partial charge in [-0.2, -0.15) is 0 Å². The van der Waals surface area contributed by atoms with Crippen LogP contribution in [-0.2, 0) is 14.2 Å². The molecule has 6 N–H and O–H groups in total. The van der Waals surface area contributed by atoms with E-state index in [1.807, 2.05) is 13.8 Å². The highest BCUT2D eigenvalue weighted by Crippen LogP contribution is 2.89. The SMILES string of the molecule is CC(C)(O)C1CCC(C)(C2C(O)CC3(C)C4CC(O)C5C(C)(C)C(OCC6OCC(O)C(O)C6O)CCC56CC46CCC23C)O1. The summed E-state index contributed by atoms with van der Waals surface area (Å²) >= 11 is 0. The molecule has 0 aromatic carbocycles. The van der Waals surface area contributed by atoms with Gasteiger partial charge in [-0.15, -0.1) is 0 Å². The second kappa shape index (κ2) is 10.1. The van der Waals surface area contributed by atoms with E-state index in [0.717, 1.165) is 57.8 Å². The van der Waals surface area contributed by atoms with Gasteiger partial charge in [-0.1, -0.05) is 27.7 Å². The Morgan fingerprint density at radius 3 is 2.16 bits per heavy atom. The molecule has 2 spiro atoms. The largest absolute Gasteiger partial charge is 0.393 e. The van der Waals surface area contributed by atoms with Crippen molar-refractivity contribution in [3.63, 3.8) is 0 Å². The van der Waals surface area contributed by atoms with Gasteiger partial charge >= 0.3 is 0 Å². The van der Waals surface area contributed by atoms with Crippen LogP contribution in [0.1, 0.15) is 106 Å². The molecule has 0 aromatic rings. The van der Waals surface area contributed by atoms with Crippen LogP contribution in [0.4, 0.5) is 0 Å². The number of ether oxygens (including phenoxy) is 3. The Morgan fingerprint density at radius 2 is 1.49 bits per heavy atom. The molecule has 2 heterocycles. The minimum atomic E-state index is -1.25. The summed E-state index contributed by atoms with van der Waals surface area (Å²) in [6.45, 7) is 15.2. The molecule has 7 rings (SSSR count). The molecule has 5 aliphatic carbocycles. The van der Waals surface area contributed by atoms with Crippen molar-refractivity contribution in [2.24, 2.45) is 44.8 Å². The lowest BCUT2D eigenvalue weighted by Gasteiger charge is -2.64. The van der Waals surface area contributed by atoms with Crippen LogP contribution in [0.2, 0.25) is 0 Å². The summed E-state index contributed by atoms with van der Waals surface area (Å²) in [5, 5.41) is 65.3. The summed E-state index contributed by atoms with van der Waals surface area (Å²) < 4.78 is 18.8. The molecular weight excluding hydrogens is 576 g/mol. The Morgan fingerprint density at radius 1 is 0.778 bits per heavy atom. The van der Waals surface area contributed by atoms with Gasteiger partial charge in [0.25, 0.3) is 0 Å². The summed E-state index contributed by atoms with van der Waals surface area (Å²) in [7, 11) is 0. The third kappa shape index (κ3) is 4.30. The first-order valence-corrected chi connectivity index (χ1v) is 17.8. The highest BCUT2D eigenvalue weighted by molar-refractivity contribution is 5.33. The first-order chi connectivity index (χ1) is 20.8. The molecular formula is C36H60O9. The highest BCUT2D eigenvalue weighted by atomic mass is 16.6. The fraction of sp³-hybridized carbons (Fsp3) is 1.00. The predicted octanol–water partition coefficient (Wildman–Crippen LogP) is 2.94. The molecule has 2 saturated heterocycles. The highest BCUT2D eigenvalue weighted by Gasteiger charge is 2.85. The predicted molar refractivity (Wildman–Crippen MR) is 166 cm³/mol. The molecule has 2 aliphatic heterocycles.